The lowest BCUT2D eigenvalue weighted by atomic mass is 10.0. The summed E-state index contributed by atoms with van der Waals surface area (Å²) >= 11 is 6.50. The highest BCUT2D eigenvalue weighted by molar-refractivity contribution is 6.33. The van der Waals surface area contributed by atoms with Gasteiger partial charge < -0.3 is 5.73 Å². The molecule has 3 aromatic carbocycles. The number of carbonyl (C=O) groups is 2. The molecule has 1 aliphatic rings. The van der Waals surface area contributed by atoms with Gasteiger partial charge in [-0.1, -0.05) is 60.1 Å². The largest absolute Gasteiger partial charge is 0.397 e. The summed E-state index contributed by atoms with van der Waals surface area (Å²) in [7, 11) is 0. The van der Waals surface area contributed by atoms with Crippen LogP contribution in [0.4, 0.5) is 5.69 Å². The highest BCUT2D eigenvalue weighted by Gasteiger charge is 2.35. The summed E-state index contributed by atoms with van der Waals surface area (Å²) < 4.78 is 0. The van der Waals surface area contributed by atoms with Crippen LogP contribution in [0.1, 0.15) is 22.9 Å². The number of aldehydes is 1. The van der Waals surface area contributed by atoms with Crippen molar-refractivity contribution >= 4 is 40.4 Å². The van der Waals surface area contributed by atoms with Gasteiger partial charge in [0.25, 0.3) is 0 Å². The van der Waals surface area contributed by atoms with Crippen LogP contribution in [0.3, 0.4) is 0 Å². The zero-order valence-electron chi connectivity index (χ0n) is 17.0. The molecule has 0 aliphatic carbocycles. The highest BCUT2D eigenvalue weighted by atomic mass is 35.5. The summed E-state index contributed by atoms with van der Waals surface area (Å²) in [6, 6.07) is 19.9. The maximum absolute atomic E-state index is 12.6. The second-order valence-corrected chi connectivity index (χ2v) is 8.15. The molecule has 0 spiro atoms. The molecular formula is C25H19ClN4O2. The van der Waals surface area contributed by atoms with Crippen molar-refractivity contribution in [2.24, 2.45) is 0 Å². The minimum Gasteiger partial charge on any atom is -0.397 e. The van der Waals surface area contributed by atoms with Crippen molar-refractivity contribution in [3.63, 3.8) is 0 Å². The first-order chi connectivity index (χ1) is 15.6. The quantitative estimate of drug-likeness (QED) is 0.280. The van der Waals surface area contributed by atoms with E-state index in [0.29, 0.717) is 52.5 Å². The Kier molecular flexibility index (Phi) is 5.17. The van der Waals surface area contributed by atoms with Crippen molar-refractivity contribution in [2.75, 3.05) is 5.73 Å². The van der Waals surface area contributed by atoms with E-state index >= 15 is 0 Å². The molecule has 4 aromatic rings. The van der Waals surface area contributed by atoms with Crippen molar-refractivity contribution < 1.29 is 9.59 Å². The topological polar surface area (TPSA) is 89.2 Å². The number of rotatable bonds is 5. The van der Waals surface area contributed by atoms with E-state index in [0.717, 1.165) is 16.7 Å². The molecular weight excluding hydrogens is 424 g/mol. The normalized spacial score (nSPS) is 15.6. The van der Waals surface area contributed by atoms with Crippen LogP contribution in [0.25, 0.3) is 22.3 Å². The number of nitrogen functional groups attached to an aromatic ring is 1. The molecule has 6 nitrogen and oxygen atoms in total. The number of halogens is 1. The number of hydrogen-bond acceptors (Lipinski definition) is 6. The fraction of sp³-hybridized carbons (Fsp3) is 0.120. The first-order valence-electron chi connectivity index (χ1n) is 10.2. The van der Waals surface area contributed by atoms with E-state index < -0.39 is 11.8 Å². The number of Topliss-reactive ketones (excluding diaryl/α,β-unsaturated/α-hetero) is 1. The van der Waals surface area contributed by atoms with E-state index in [2.05, 4.69) is 0 Å². The Bertz CT molecular complexity index is 1370. The van der Waals surface area contributed by atoms with Crippen LogP contribution in [0.15, 0.2) is 66.7 Å². The summed E-state index contributed by atoms with van der Waals surface area (Å²) in [5, 5.41) is 0.552. The molecule has 158 valence electrons. The number of para-hydroxylation sites is 1. The molecule has 5 rings (SSSR count). The van der Waals surface area contributed by atoms with Crippen LogP contribution < -0.4 is 5.73 Å². The minimum atomic E-state index is -0.659. The number of hydrogen-bond donors (Lipinski definition) is 1. The number of anilines is 1. The summed E-state index contributed by atoms with van der Waals surface area (Å²) in [6.07, 6.45) is 0.388. The summed E-state index contributed by atoms with van der Waals surface area (Å²) in [4.78, 5) is 35.6. The Morgan fingerprint density at radius 1 is 1.06 bits per heavy atom. The molecule has 0 saturated carbocycles. The minimum absolute atomic E-state index is 0.302. The van der Waals surface area contributed by atoms with Crippen LogP contribution in [0, 0.1) is 0 Å². The van der Waals surface area contributed by atoms with E-state index in [1.165, 1.54) is 0 Å². The van der Waals surface area contributed by atoms with Gasteiger partial charge in [-0.05, 0) is 29.3 Å². The molecule has 1 aromatic heterocycles. The average Bonchev–Trinajstić information content (AvgIpc) is 3.17. The Hall–Kier alpha value is -3.61. The van der Waals surface area contributed by atoms with Gasteiger partial charge in [0, 0.05) is 18.7 Å². The van der Waals surface area contributed by atoms with Gasteiger partial charge in [0.05, 0.1) is 27.6 Å². The second-order valence-electron chi connectivity index (χ2n) is 7.74. The lowest BCUT2D eigenvalue weighted by molar-refractivity contribution is -0.133. The van der Waals surface area contributed by atoms with Gasteiger partial charge in [-0.15, -0.1) is 0 Å². The molecule has 0 bridgehead atoms. The van der Waals surface area contributed by atoms with Gasteiger partial charge in [-0.3, -0.25) is 14.5 Å². The first kappa shape index (κ1) is 20.3. The predicted molar refractivity (Wildman–Crippen MR) is 124 cm³/mol. The molecule has 1 atom stereocenters. The third kappa shape index (κ3) is 3.43. The molecule has 0 saturated heterocycles. The van der Waals surface area contributed by atoms with Crippen LogP contribution in [0.5, 0.6) is 0 Å². The zero-order valence-corrected chi connectivity index (χ0v) is 17.8. The van der Waals surface area contributed by atoms with E-state index in [4.69, 9.17) is 27.3 Å². The maximum atomic E-state index is 12.6. The Labute approximate surface area is 189 Å². The fourth-order valence-corrected chi connectivity index (χ4v) is 4.53. The SMILES string of the molecule is Nc1cccc2nc(-c3ccccc3Cl)c(CN3Cc4ccccc4C3C(=O)C=O)nc12. The highest BCUT2D eigenvalue weighted by Crippen LogP contribution is 2.37. The lowest BCUT2D eigenvalue weighted by Gasteiger charge is -2.23. The van der Waals surface area contributed by atoms with Crippen LogP contribution in [-0.4, -0.2) is 26.9 Å². The lowest BCUT2D eigenvalue weighted by Crippen LogP contribution is -2.29. The molecule has 7 heteroatoms. The third-order valence-electron chi connectivity index (χ3n) is 5.75. The van der Waals surface area contributed by atoms with Crippen LogP contribution in [-0.2, 0) is 22.7 Å². The van der Waals surface area contributed by atoms with E-state index in [-0.39, 0.29) is 0 Å². The van der Waals surface area contributed by atoms with Crippen LogP contribution in [0.2, 0.25) is 5.02 Å². The average molecular weight is 443 g/mol. The first-order valence-corrected chi connectivity index (χ1v) is 10.6. The van der Waals surface area contributed by atoms with Crippen LogP contribution >= 0.6 is 11.6 Å². The monoisotopic (exact) mass is 442 g/mol. The number of nitrogens with zero attached hydrogens (tertiary/aromatic N) is 3. The molecule has 0 radical (unpaired) electrons. The molecule has 2 N–H and O–H groups in total. The van der Waals surface area contributed by atoms with E-state index in [1.807, 2.05) is 59.5 Å². The molecule has 32 heavy (non-hydrogen) atoms. The van der Waals surface area contributed by atoms with Crippen molar-refractivity contribution in [2.45, 2.75) is 19.1 Å². The maximum Gasteiger partial charge on any atom is 0.216 e. The van der Waals surface area contributed by atoms with Gasteiger partial charge in [0.15, 0.2) is 6.29 Å². The van der Waals surface area contributed by atoms with Gasteiger partial charge in [-0.2, -0.15) is 0 Å². The van der Waals surface area contributed by atoms with Gasteiger partial charge in [-0.25, -0.2) is 9.97 Å². The van der Waals surface area contributed by atoms with Gasteiger partial charge >= 0.3 is 0 Å². The molecule has 1 unspecified atom stereocenters. The summed E-state index contributed by atoms with van der Waals surface area (Å²) in [5.41, 5.74) is 11.8. The molecule has 2 heterocycles. The number of fused-ring (bicyclic) bond motifs is 2. The number of benzene rings is 3. The van der Waals surface area contributed by atoms with E-state index in [1.54, 1.807) is 12.1 Å². The fourth-order valence-electron chi connectivity index (χ4n) is 4.30. The van der Waals surface area contributed by atoms with Gasteiger partial charge in [0.1, 0.15) is 11.6 Å². The van der Waals surface area contributed by atoms with Crippen molar-refractivity contribution in [1.29, 1.82) is 0 Å². The Balaban J connectivity index is 1.66. The second kappa shape index (κ2) is 8.15. The summed E-state index contributed by atoms with van der Waals surface area (Å²) in [6.45, 7) is 0.823. The van der Waals surface area contributed by atoms with Gasteiger partial charge in [0.2, 0.25) is 5.78 Å². The number of nitrogens with two attached hydrogens (primary N) is 1. The third-order valence-corrected chi connectivity index (χ3v) is 6.08. The molecule has 1 aliphatic heterocycles. The Morgan fingerprint density at radius 2 is 1.84 bits per heavy atom. The number of ketones is 1. The van der Waals surface area contributed by atoms with Crippen molar-refractivity contribution in [3.05, 3.63) is 88.6 Å². The zero-order chi connectivity index (χ0) is 22.2. The molecule has 0 fully saturated rings. The standard InChI is InChI=1S/C25H19ClN4O2/c26-18-9-4-3-8-17(18)23-21(29-24-19(27)10-5-11-20(24)28-23)13-30-12-15-6-1-2-7-16(15)25(30)22(32)14-31/h1-11,14,25H,12-13,27H2. The van der Waals surface area contributed by atoms with Crippen molar-refractivity contribution in [3.8, 4) is 11.3 Å². The molecule has 0 amide bonds. The van der Waals surface area contributed by atoms with E-state index in [9.17, 15) is 9.59 Å². The smallest absolute Gasteiger partial charge is 0.216 e. The number of carbonyl (C=O) groups excluding carboxylic acids is 2. The van der Waals surface area contributed by atoms with Crippen molar-refractivity contribution in [1.82, 2.24) is 14.9 Å². The number of aromatic nitrogens is 2. The summed E-state index contributed by atoms with van der Waals surface area (Å²) in [5.74, 6) is -0.484. The Morgan fingerprint density at radius 3 is 2.66 bits per heavy atom. The predicted octanol–water partition coefficient (Wildman–Crippen LogP) is 4.36.